The lowest BCUT2D eigenvalue weighted by Crippen LogP contribution is -2.27. The molecular weight excluding hydrogens is 645 g/mol. The summed E-state index contributed by atoms with van der Waals surface area (Å²) in [6, 6.07) is 5.58. The maximum absolute atomic E-state index is 12.2. The SMILES string of the molecule is C/C=C(/N)c1c(-c2ccc(NC(=O)OC(C)(C)C)c(OC)c2)nn(CCC)c1CCC.C=CC.CC.CCC(C)C.CCCC(C)CCC(C)CC. The highest BCUT2D eigenvalue weighted by Crippen LogP contribution is 2.35. The van der Waals surface area contributed by atoms with Crippen LogP contribution in [0.5, 0.6) is 5.75 Å². The summed E-state index contributed by atoms with van der Waals surface area (Å²) in [5.41, 5.74) is 10.8. The lowest BCUT2D eigenvalue weighted by atomic mass is 9.94. The van der Waals surface area contributed by atoms with Crippen LogP contribution in [0.3, 0.4) is 0 Å². The quantitative estimate of drug-likeness (QED) is 0.178. The molecule has 302 valence electrons. The summed E-state index contributed by atoms with van der Waals surface area (Å²) in [5, 5.41) is 7.66. The first-order chi connectivity index (χ1) is 24.5. The molecule has 0 fully saturated rings. The molecule has 1 aromatic heterocycles. The number of anilines is 1. The van der Waals surface area contributed by atoms with E-state index in [0.717, 1.165) is 66.1 Å². The van der Waals surface area contributed by atoms with E-state index in [4.69, 9.17) is 20.3 Å². The van der Waals surface area contributed by atoms with Gasteiger partial charge >= 0.3 is 6.09 Å². The molecule has 7 heteroatoms. The number of ether oxygens (including phenoxy) is 2. The minimum absolute atomic E-state index is 0.524. The van der Waals surface area contributed by atoms with Crippen LogP contribution in [0.1, 0.15) is 173 Å². The fourth-order valence-corrected chi connectivity index (χ4v) is 4.80. The summed E-state index contributed by atoms with van der Waals surface area (Å²) in [6.45, 7) is 37.7. The van der Waals surface area contributed by atoms with Gasteiger partial charge in [0.1, 0.15) is 17.0 Å². The number of aryl methyl sites for hydroxylation is 1. The van der Waals surface area contributed by atoms with Crippen LogP contribution in [-0.2, 0) is 17.7 Å². The van der Waals surface area contributed by atoms with Crippen molar-refractivity contribution in [1.82, 2.24) is 9.78 Å². The molecule has 0 aliphatic heterocycles. The summed E-state index contributed by atoms with van der Waals surface area (Å²) in [6.07, 6.45) is 14.3. The Morgan fingerprint density at radius 1 is 0.942 bits per heavy atom. The van der Waals surface area contributed by atoms with Gasteiger partial charge in [-0.05, 0) is 77.3 Å². The monoisotopic (exact) mass is 729 g/mol. The smallest absolute Gasteiger partial charge is 0.412 e. The highest BCUT2D eigenvalue weighted by atomic mass is 16.6. The molecule has 0 aliphatic carbocycles. The second kappa shape index (κ2) is 31.3. The Bertz CT molecular complexity index is 1220. The zero-order valence-electron chi connectivity index (χ0n) is 37.1. The van der Waals surface area contributed by atoms with E-state index in [1.54, 1.807) is 19.3 Å². The van der Waals surface area contributed by atoms with Gasteiger partial charge in [0.25, 0.3) is 0 Å². The fourth-order valence-electron chi connectivity index (χ4n) is 4.80. The van der Waals surface area contributed by atoms with Gasteiger partial charge in [-0.1, -0.05) is 139 Å². The summed E-state index contributed by atoms with van der Waals surface area (Å²) in [7, 11) is 1.57. The zero-order valence-corrected chi connectivity index (χ0v) is 37.1. The largest absolute Gasteiger partial charge is 0.495 e. The number of hydrogen-bond donors (Lipinski definition) is 2. The first-order valence-corrected chi connectivity index (χ1v) is 20.3. The van der Waals surface area contributed by atoms with Crippen molar-refractivity contribution < 1.29 is 14.3 Å². The van der Waals surface area contributed by atoms with E-state index in [1.165, 1.54) is 38.5 Å². The van der Waals surface area contributed by atoms with Crippen LogP contribution in [0.25, 0.3) is 17.0 Å². The van der Waals surface area contributed by atoms with E-state index in [9.17, 15) is 4.79 Å². The lowest BCUT2D eigenvalue weighted by Gasteiger charge is -2.20. The van der Waals surface area contributed by atoms with E-state index in [2.05, 4.69) is 78.9 Å². The van der Waals surface area contributed by atoms with E-state index in [0.29, 0.717) is 17.1 Å². The van der Waals surface area contributed by atoms with Crippen molar-refractivity contribution in [2.24, 2.45) is 23.5 Å². The third-order valence-corrected chi connectivity index (χ3v) is 8.14. The predicted molar refractivity (Wildman–Crippen MR) is 231 cm³/mol. The summed E-state index contributed by atoms with van der Waals surface area (Å²) < 4.78 is 13.0. The van der Waals surface area contributed by atoms with Crippen molar-refractivity contribution in [3.05, 3.63) is 48.2 Å². The maximum Gasteiger partial charge on any atom is 0.412 e. The number of carbonyl (C=O) groups is 1. The standard InChI is InChI=1S/C24H36N4O3.C11H24.C5H12.C3H6.C2H6/c1-8-11-19-21(17(25)10-3)22(27-28(19)14-9-2)16-12-13-18(20(15-16)30-7)26-23(29)31-24(4,5)6;1-5-7-11(4)9-8-10(3)6-2;1-4-5(2)3;1-3-2;1-2/h10,12-13,15H,8-9,11,14,25H2,1-7H3,(H,26,29);10-11H,5-9H2,1-4H3;5H,4H2,1-3H3;3H,1H2,2H3;1-2H3/b17-10+;;;;. The number of allylic oxidation sites excluding steroid dienone is 2. The normalized spacial score (nSPS) is 11.9. The molecule has 1 heterocycles. The van der Waals surface area contributed by atoms with Crippen molar-refractivity contribution >= 4 is 17.5 Å². The number of amides is 1. The van der Waals surface area contributed by atoms with E-state index in [1.807, 2.05) is 66.7 Å². The van der Waals surface area contributed by atoms with E-state index >= 15 is 0 Å². The van der Waals surface area contributed by atoms with Gasteiger partial charge in [-0.3, -0.25) is 10.00 Å². The molecule has 2 atom stereocenters. The van der Waals surface area contributed by atoms with Crippen LogP contribution in [-0.4, -0.2) is 28.6 Å². The summed E-state index contributed by atoms with van der Waals surface area (Å²) >= 11 is 0. The Hall–Kier alpha value is -3.22. The van der Waals surface area contributed by atoms with Crippen LogP contribution in [0.2, 0.25) is 0 Å². The van der Waals surface area contributed by atoms with Gasteiger partial charge in [0, 0.05) is 29.1 Å². The van der Waals surface area contributed by atoms with Gasteiger partial charge in [-0.15, -0.1) is 6.58 Å². The van der Waals surface area contributed by atoms with Crippen LogP contribution in [0, 0.1) is 17.8 Å². The molecule has 0 bridgehead atoms. The van der Waals surface area contributed by atoms with Crippen molar-refractivity contribution in [1.29, 1.82) is 0 Å². The Balaban J connectivity index is -0.000000938. The van der Waals surface area contributed by atoms with Gasteiger partial charge in [0.05, 0.1) is 12.8 Å². The second-order valence-electron chi connectivity index (χ2n) is 14.6. The average Bonchev–Trinajstić information content (AvgIpc) is 3.45. The number of benzene rings is 1. The number of aromatic nitrogens is 2. The molecule has 0 saturated carbocycles. The van der Waals surface area contributed by atoms with Crippen LogP contribution >= 0.6 is 0 Å². The number of nitrogens with one attached hydrogen (secondary N) is 1. The maximum atomic E-state index is 12.2. The van der Waals surface area contributed by atoms with Crippen LogP contribution in [0.15, 0.2) is 36.9 Å². The average molecular weight is 729 g/mol. The summed E-state index contributed by atoms with van der Waals surface area (Å²) in [5.74, 6) is 3.30. The molecule has 1 amide bonds. The second-order valence-corrected chi connectivity index (χ2v) is 14.6. The Kier molecular flexibility index (Phi) is 32.0. The van der Waals surface area contributed by atoms with Gasteiger partial charge < -0.3 is 15.2 Å². The number of hydrogen-bond acceptors (Lipinski definition) is 5. The van der Waals surface area contributed by atoms with Crippen molar-refractivity contribution in [3.63, 3.8) is 0 Å². The predicted octanol–water partition coefficient (Wildman–Crippen LogP) is 14.1. The number of methoxy groups -OCH3 is 1. The van der Waals surface area contributed by atoms with E-state index in [-0.39, 0.29) is 0 Å². The minimum Gasteiger partial charge on any atom is -0.495 e. The third kappa shape index (κ3) is 23.4. The molecule has 2 aromatic rings. The van der Waals surface area contributed by atoms with Crippen LogP contribution < -0.4 is 15.8 Å². The number of nitrogens with zero attached hydrogens (tertiary/aromatic N) is 2. The Morgan fingerprint density at radius 2 is 1.50 bits per heavy atom. The molecule has 0 aliphatic rings. The molecule has 0 saturated heterocycles. The number of carbonyl (C=O) groups excluding carboxylic acids is 1. The highest BCUT2D eigenvalue weighted by molar-refractivity contribution is 5.88. The Morgan fingerprint density at radius 3 is 1.92 bits per heavy atom. The van der Waals surface area contributed by atoms with E-state index < -0.39 is 11.7 Å². The first kappa shape index (κ1) is 53.1. The molecule has 52 heavy (non-hydrogen) atoms. The first-order valence-electron chi connectivity index (χ1n) is 20.3. The van der Waals surface area contributed by atoms with Crippen LogP contribution in [0.4, 0.5) is 10.5 Å². The molecule has 3 N–H and O–H groups in total. The topological polar surface area (TPSA) is 91.4 Å². The number of nitrogens with two attached hydrogens (primary N) is 1. The van der Waals surface area contributed by atoms with Gasteiger partial charge in [0.2, 0.25) is 0 Å². The molecule has 0 spiro atoms. The molecule has 7 nitrogen and oxygen atoms in total. The summed E-state index contributed by atoms with van der Waals surface area (Å²) in [4.78, 5) is 12.2. The number of rotatable bonds is 15. The molecular formula is C45H84N4O3. The zero-order chi connectivity index (χ0) is 40.9. The van der Waals surface area contributed by atoms with Crippen molar-refractivity contribution in [2.75, 3.05) is 12.4 Å². The fraction of sp³-hybridized carbons (Fsp3) is 0.689. The lowest BCUT2D eigenvalue weighted by molar-refractivity contribution is 0.0635. The molecule has 2 unspecified atom stereocenters. The Labute approximate surface area is 322 Å². The van der Waals surface area contributed by atoms with Gasteiger partial charge in [-0.2, -0.15) is 5.10 Å². The van der Waals surface area contributed by atoms with Gasteiger partial charge in [0.15, 0.2) is 0 Å². The molecule has 1 aromatic carbocycles. The van der Waals surface area contributed by atoms with Crippen molar-refractivity contribution in [2.45, 2.75) is 181 Å². The molecule has 0 radical (unpaired) electrons. The highest BCUT2D eigenvalue weighted by Gasteiger charge is 2.22. The third-order valence-electron chi connectivity index (χ3n) is 8.14. The molecule has 2 rings (SSSR count). The van der Waals surface area contributed by atoms with Gasteiger partial charge in [-0.25, -0.2) is 4.79 Å². The minimum atomic E-state index is -0.585. The van der Waals surface area contributed by atoms with Crippen molar-refractivity contribution in [3.8, 4) is 17.0 Å².